The van der Waals surface area contributed by atoms with Gasteiger partial charge in [0.05, 0.1) is 12.7 Å². The van der Waals surface area contributed by atoms with Crippen molar-refractivity contribution >= 4 is 0 Å². The summed E-state index contributed by atoms with van der Waals surface area (Å²) in [5.74, 6) is 0. The van der Waals surface area contributed by atoms with Crippen molar-refractivity contribution in [1.82, 2.24) is 15.1 Å². The molecule has 2 aliphatic rings. The van der Waals surface area contributed by atoms with E-state index < -0.39 is 0 Å². The second kappa shape index (κ2) is 7.43. The maximum atomic E-state index is 5.80. The molecule has 0 aromatic heterocycles. The van der Waals surface area contributed by atoms with Gasteiger partial charge < -0.3 is 10.1 Å². The lowest BCUT2D eigenvalue weighted by atomic mass is 10.2. The van der Waals surface area contributed by atoms with Crippen LogP contribution < -0.4 is 5.32 Å². The molecule has 2 saturated heterocycles. The van der Waals surface area contributed by atoms with Crippen molar-refractivity contribution in [3.8, 4) is 0 Å². The molecule has 2 aliphatic heterocycles. The van der Waals surface area contributed by atoms with Gasteiger partial charge in [-0.3, -0.25) is 9.80 Å². The lowest BCUT2D eigenvalue weighted by Crippen LogP contribution is -2.48. The van der Waals surface area contributed by atoms with E-state index in [2.05, 4.69) is 29.0 Å². The van der Waals surface area contributed by atoms with Crippen LogP contribution in [0.15, 0.2) is 0 Å². The van der Waals surface area contributed by atoms with E-state index in [1.807, 2.05) is 0 Å². The lowest BCUT2D eigenvalue weighted by Gasteiger charge is -2.32. The third-order valence-electron chi connectivity index (χ3n) is 4.25. The first-order chi connectivity index (χ1) is 8.79. The van der Waals surface area contributed by atoms with E-state index in [1.54, 1.807) is 0 Å². The van der Waals surface area contributed by atoms with E-state index in [0.717, 1.165) is 39.3 Å². The number of hydrogen-bond donors (Lipinski definition) is 1. The van der Waals surface area contributed by atoms with Crippen LogP contribution in [0.5, 0.6) is 0 Å². The molecular formula is C14H29N3O. The summed E-state index contributed by atoms with van der Waals surface area (Å²) in [5.41, 5.74) is 0. The van der Waals surface area contributed by atoms with Crippen molar-refractivity contribution in [3.05, 3.63) is 0 Å². The Morgan fingerprint density at radius 1 is 1.28 bits per heavy atom. The molecule has 4 nitrogen and oxygen atoms in total. The topological polar surface area (TPSA) is 27.7 Å². The summed E-state index contributed by atoms with van der Waals surface area (Å²) in [4.78, 5) is 5.06. The molecule has 2 fully saturated rings. The van der Waals surface area contributed by atoms with Crippen LogP contribution in [-0.2, 0) is 4.74 Å². The fourth-order valence-electron chi connectivity index (χ4n) is 2.96. The van der Waals surface area contributed by atoms with Crippen molar-refractivity contribution in [2.75, 3.05) is 52.4 Å². The van der Waals surface area contributed by atoms with Gasteiger partial charge in [0.25, 0.3) is 0 Å². The van der Waals surface area contributed by atoms with Crippen molar-refractivity contribution in [2.24, 2.45) is 0 Å². The zero-order valence-electron chi connectivity index (χ0n) is 12.0. The molecule has 0 radical (unpaired) electrons. The number of nitrogens with one attached hydrogen (secondary N) is 1. The SMILES string of the molecule is CCN1CCOC(CNCC(C)N2CCCC2)C1. The molecule has 0 spiro atoms. The summed E-state index contributed by atoms with van der Waals surface area (Å²) in [6.45, 7) is 13.4. The van der Waals surface area contributed by atoms with Crippen LogP contribution in [0.2, 0.25) is 0 Å². The average Bonchev–Trinajstić information content (AvgIpc) is 2.93. The molecule has 4 heteroatoms. The second-order valence-corrected chi connectivity index (χ2v) is 5.64. The molecule has 2 unspecified atom stereocenters. The highest BCUT2D eigenvalue weighted by molar-refractivity contribution is 4.77. The summed E-state index contributed by atoms with van der Waals surface area (Å²) >= 11 is 0. The quantitative estimate of drug-likeness (QED) is 0.759. The summed E-state index contributed by atoms with van der Waals surface area (Å²) in [6, 6.07) is 0.665. The molecular weight excluding hydrogens is 226 g/mol. The normalized spacial score (nSPS) is 28.7. The highest BCUT2D eigenvalue weighted by Gasteiger charge is 2.20. The smallest absolute Gasteiger partial charge is 0.0826 e. The Balaban J connectivity index is 1.59. The predicted octanol–water partition coefficient (Wildman–Crippen LogP) is 0.781. The lowest BCUT2D eigenvalue weighted by molar-refractivity contribution is -0.0256. The Hall–Kier alpha value is -0.160. The molecule has 106 valence electrons. The second-order valence-electron chi connectivity index (χ2n) is 5.64. The van der Waals surface area contributed by atoms with E-state index in [1.165, 1.54) is 25.9 Å². The molecule has 0 aromatic rings. The van der Waals surface area contributed by atoms with Crippen LogP contribution in [-0.4, -0.2) is 74.4 Å². The average molecular weight is 255 g/mol. The van der Waals surface area contributed by atoms with Gasteiger partial charge in [-0.1, -0.05) is 6.92 Å². The van der Waals surface area contributed by atoms with Gasteiger partial charge in [-0.2, -0.15) is 0 Å². The van der Waals surface area contributed by atoms with Gasteiger partial charge in [0, 0.05) is 32.2 Å². The van der Waals surface area contributed by atoms with Gasteiger partial charge >= 0.3 is 0 Å². The first-order valence-corrected chi connectivity index (χ1v) is 7.58. The van der Waals surface area contributed by atoms with Crippen LogP contribution in [0, 0.1) is 0 Å². The van der Waals surface area contributed by atoms with Gasteiger partial charge in [-0.25, -0.2) is 0 Å². The highest BCUT2D eigenvalue weighted by atomic mass is 16.5. The monoisotopic (exact) mass is 255 g/mol. The van der Waals surface area contributed by atoms with Gasteiger partial charge in [-0.05, 0) is 39.4 Å². The number of nitrogens with zero attached hydrogens (tertiary/aromatic N) is 2. The van der Waals surface area contributed by atoms with E-state index >= 15 is 0 Å². The van der Waals surface area contributed by atoms with Crippen molar-refractivity contribution in [2.45, 2.75) is 38.8 Å². The molecule has 0 aromatic carbocycles. The van der Waals surface area contributed by atoms with E-state index in [4.69, 9.17) is 4.74 Å². The van der Waals surface area contributed by atoms with Gasteiger partial charge in [-0.15, -0.1) is 0 Å². The molecule has 0 aliphatic carbocycles. The standard InChI is InChI=1S/C14H29N3O/c1-3-16-8-9-18-14(12-16)11-15-10-13(2)17-6-4-5-7-17/h13-15H,3-12H2,1-2H3. The number of ether oxygens (including phenoxy) is 1. The minimum Gasteiger partial charge on any atom is -0.374 e. The first kappa shape index (κ1) is 14.3. The molecule has 1 N–H and O–H groups in total. The summed E-state index contributed by atoms with van der Waals surface area (Å²) in [6.07, 6.45) is 3.13. The molecule has 2 rings (SSSR count). The third-order valence-corrected chi connectivity index (χ3v) is 4.25. The minimum atomic E-state index is 0.379. The third kappa shape index (κ3) is 4.19. The summed E-state index contributed by atoms with van der Waals surface area (Å²) in [5, 5.41) is 3.58. The number of hydrogen-bond acceptors (Lipinski definition) is 4. The molecule has 0 bridgehead atoms. The Morgan fingerprint density at radius 2 is 2.06 bits per heavy atom. The van der Waals surface area contributed by atoms with Crippen LogP contribution in [0.3, 0.4) is 0 Å². The summed E-state index contributed by atoms with van der Waals surface area (Å²) in [7, 11) is 0. The molecule has 18 heavy (non-hydrogen) atoms. The van der Waals surface area contributed by atoms with Crippen LogP contribution in [0.4, 0.5) is 0 Å². The van der Waals surface area contributed by atoms with Crippen LogP contribution in [0.25, 0.3) is 0 Å². The first-order valence-electron chi connectivity index (χ1n) is 7.58. The molecule has 0 saturated carbocycles. The van der Waals surface area contributed by atoms with E-state index in [0.29, 0.717) is 12.1 Å². The van der Waals surface area contributed by atoms with Crippen LogP contribution in [0.1, 0.15) is 26.7 Å². The molecule has 2 atom stereocenters. The van der Waals surface area contributed by atoms with Gasteiger partial charge in [0.2, 0.25) is 0 Å². The zero-order chi connectivity index (χ0) is 12.8. The number of likely N-dealkylation sites (tertiary alicyclic amines) is 1. The fourth-order valence-corrected chi connectivity index (χ4v) is 2.96. The van der Waals surface area contributed by atoms with E-state index in [9.17, 15) is 0 Å². The van der Waals surface area contributed by atoms with Crippen molar-refractivity contribution < 1.29 is 4.74 Å². The Kier molecular flexibility index (Phi) is 5.89. The summed E-state index contributed by atoms with van der Waals surface area (Å²) < 4.78 is 5.80. The molecule has 0 amide bonds. The highest BCUT2D eigenvalue weighted by Crippen LogP contribution is 2.11. The predicted molar refractivity (Wildman–Crippen MR) is 75.0 cm³/mol. The van der Waals surface area contributed by atoms with Crippen LogP contribution >= 0.6 is 0 Å². The minimum absolute atomic E-state index is 0.379. The van der Waals surface area contributed by atoms with E-state index in [-0.39, 0.29) is 0 Å². The van der Waals surface area contributed by atoms with Gasteiger partial charge in [0.15, 0.2) is 0 Å². The van der Waals surface area contributed by atoms with Crippen molar-refractivity contribution in [3.63, 3.8) is 0 Å². The Morgan fingerprint density at radius 3 is 2.78 bits per heavy atom. The fraction of sp³-hybridized carbons (Fsp3) is 1.00. The maximum absolute atomic E-state index is 5.80. The number of likely N-dealkylation sites (N-methyl/N-ethyl adjacent to an activating group) is 1. The molecule has 2 heterocycles. The number of rotatable bonds is 6. The zero-order valence-corrected chi connectivity index (χ0v) is 12.0. The largest absolute Gasteiger partial charge is 0.374 e. The Labute approximate surface area is 112 Å². The van der Waals surface area contributed by atoms with Crippen molar-refractivity contribution in [1.29, 1.82) is 0 Å². The Bertz CT molecular complexity index is 231. The maximum Gasteiger partial charge on any atom is 0.0826 e. The van der Waals surface area contributed by atoms with Gasteiger partial charge in [0.1, 0.15) is 0 Å². The number of morpholine rings is 1.